The van der Waals surface area contributed by atoms with Gasteiger partial charge in [-0.05, 0) is 19.3 Å². The molecule has 1 N–H and O–H groups in total. The lowest BCUT2D eigenvalue weighted by molar-refractivity contribution is 0.0726. The van der Waals surface area contributed by atoms with Gasteiger partial charge in [0.1, 0.15) is 0 Å². The molecule has 1 aliphatic rings. The molecule has 1 saturated carbocycles. The van der Waals surface area contributed by atoms with Gasteiger partial charge in [-0.25, -0.2) is 4.79 Å². The van der Waals surface area contributed by atoms with Gasteiger partial charge in [0.05, 0.1) is 18.8 Å². The van der Waals surface area contributed by atoms with E-state index in [0.717, 1.165) is 25.7 Å². The number of carbonyl (C=O) groups is 1. The van der Waals surface area contributed by atoms with Crippen LogP contribution in [-0.4, -0.2) is 41.9 Å². The van der Waals surface area contributed by atoms with Crippen molar-refractivity contribution in [3.05, 3.63) is 0 Å². The van der Waals surface area contributed by atoms with Crippen molar-refractivity contribution < 1.29 is 14.6 Å². The van der Waals surface area contributed by atoms with Crippen molar-refractivity contribution in [1.29, 1.82) is 0 Å². The molecule has 1 rings (SSSR count). The Hall–Kier alpha value is -0.770. The highest BCUT2D eigenvalue weighted by Gasteiger charge is 2.48. The number of hydrogen-bond acceptors (Lipinski definition) is 3. The fourth-order valence-electron chi connectivity index (χ4n) is 1.34. The first-order valence-corrected chi connectivity index (χ1v) is 5.18. The van der Waals surface area contributed by atoms with Crippen molar-refractivity contribution in [2.75, 3.05) is 20.3 Å². The van der Waals surface area contributed by atoms with Gasteiger partial charge in [0.15, 0.2) is 0 Å². The number of likely N-dealkylation sites (N-methyl/N-ethyl adjacent to an activating group) is 1. The van der Waals surface area contributed by atoms with Crippen molar-refractivity contribution in [2.24, 2.45) is 0 Å². The highest BCUT2D eigenvalue weighted by atomic mass is 16.6. The third kappa shape index (κ3) is 2.38. The summed E-state index contributed by atoms with van der Waals surface area (Å²) in [4.78, 5) is 13.0. The minimum absolute atomic E-state index is 0.0341. The summed E-state index contributed by atoms with van der Waals surface area (Å²) in [5, 5.41) is 9.10. The number of carbonyl (C=O) groups excluding carboxylic acids is 1. The van der Waals surface area contributed by atoms with Gasteiger partial charge in [0, 0.05) is 7.05 Å². The average molecular weight is 201 g/mol. The normalized spacial score (nSPS) is 17.6. The maximum absolute atomic E-state index is 11.5. The zero-order chi connectivity index (χ0) is 10.6. The van der Waals surface area contributed by atoms with Crippen molar-refractivity contribution in [1.82, 2.24) is 4.90 Å². The molecule has 1 aliphatic carbocycles. The molecule has 1 fully saturated rings. The molecule has 82 valence electrons. The van der Waals surface area contributed by atoms with Gasteiger partial charge in [0.25, 0.3) is 0 Å². The number of nitrogens with zero attached hydrogens (tertiary/aromatic N) is 1. The van der Waals surface area contributed by atoms with Gasteiger partial charge in [-0.15, -0.1) is 0 Å². The summed E-state index contributed by atoms with van der Waals surface area (Å²) in [7, 11) is 1.69. The van der Waals surface area contributed by atoms with E-state index in [1.165, 1.54) is 4.90 Å². The van der Waals surface area contributed by atoms with Crippen LogP contribution in [0.5, 0.6) is 0 Å². The second-order valence-electron chi connectivity index (χ2n) is 3.91. The number of ether oxygens (including phenoxy) is 1. The smallest absolute Gasteiger partial charge is 0.410 e. The summed E-state index contributed by atoms with van der Waals surface area (Å²) in [5.41, 5.74) is -0.316. The predicted octanol–water partition coefficient (Wildman–Crippen LogP) is 1.38. The summed E-state index contributed by atoms with van der Waals surface area (Å²) >= 11 is 0. The largest absolute Gasteiger partial charge is 0.449 e. The third-order valence-corrected chi connectivity index (χ3v) is 2.83. The maximum Gasteiger partial charge on any atom is 0.410 e. The Labute approximate surface area is 84.8 Å². The Bertz CT molecular complexity index is 202. The zero-order valence-electron chi connectivity index (χ0n) is 8.95. The minimum Gasteiger partial charge on any atom is -0.449 e. The highest BCUT2D eigenvalue weighted by molar-refractivity contribution is 5.69. The number of amides is 1. The molecule has 0 unspecified atom stereocenters. The molecule has 0 saturated heterocycles. The van der Waals surface area contributed by atoms with Crippen molar-refractivity contribution in [3.8, 4) is 0 Å². The summed E-state index contributed by atoms with van der Waals surface area (Å²) in [6.07, 6.45) is 3.35. The highest BCUT2D eigenvalue weighted by Crippen LogP contribution is 2.40. The predicted molar refractivity (Wildman–Crippen MR) is 53.1 cm³/mol. The number of hydrogen-bond donors (Lipinski definition) is 1. The van der Waals surface area contributed by atoms with Crippen LogP contribution >= 0.6 is 0 Å². The molecular formula is C10H19NO3. The molecule has 0 aromatic heterocycles. The number of rotatable bonds is 5. The molecule has 0 spiro atoms. The van der Waals surface area contributed by atoms with E-state index in [0.29, 0.717) is 6.61 Å². The number of aliphatic hydroxyl groups excluding tert-OH is 1. The van der Waals surface area contributed by atoms with Gasteiger partial charge < -0.3 is 14.7 Å². The average Bonchev–Trinajstić information content (AvgIpc) is 2.97. The van der Waals surface area contributed by atoms with E-state index in [-0.39, 0.29) is 18.2 Å². The topological polar surface area (TPSA) is 49.8 Å². The quantitative estimate of drug-likeness (QED) is 0.684. The van der Waals surface area contributed by atoms with Gasteiger partial charge in [0.2, 0.25) is 0 Å². The summed E-state index contributed by atoms with van der Waals surface area (Å²) in [5.74, 6) is 0. The van der Waals surface area contributed by atoms with Gasteiger partial charge in [-0.1, -0.05) is 13.3 Å². The van der Waals surface area contributed by atoms with E-state index in [2.05, 4.69) is 0 Å². The van der Waals surface area contributed by atoms with E-state index in [9.17, 15) is 4.79 Å². The van der Waals surface area contributed by atoms with Gasteiger partial charge >= 0.3 is 6.09 Å². The Morgan fingerprint density at radius 1 is 1.57 bits per heavy atom. The number of aliphatic hydroxyl groups is 1. The molecule has 0 radical (unpaired) electrons. The molecule has 0 bridgehead atoms. The first kappa shape index (κ1) is 11.3. The Morgan fingerprint density at radius 3 is 2.64 bits per heavy atom. The van der Waals surface area contributed by atoms with Crippen LogP contribution in [0.25, 0.3) is 0 Å². The monoisotopic (exact) mass is 201 g/mol. The standard InChI is InChI=1S/C10H19NO3/c1-3-4-7-14-9(13)11(2)10(8-12)5-6-10/h12H,3-8H2,1-2H3. The fraction of sp³-hybridized carbons (Fsp3) is 0.900. The van der Waals surface area contributed by atoms with Crippen LogP contribution in [-0.2, 0) is 4.74 Å². The maximum atomic E-state index is 11.5. The molecule has 1 amide bonds. The van der Waals surface area contributed by atoms with Crippen LogP contribution in [0, 0.1) is 0 Å². The van der Waals surface area contributed by atoms with Gasteiger partial charge in [-0.3, -0.25) is 0 Å². The molecule has 4 heteroatoms. The van der Waals surface area contributed by atoms with E-state index in [4.69, 9.17) is 9.84 Å². The van der Waals surface area contributed by atoms with E-state index >= 15 is 0 Å². The fourth-order valence-corrected chi connectivity index (χ4v) is 1.34. The van der Waals surface area contributed by atoms with Crippen molar-refractivity contribution >= 4 is 6.09 Å². The third-order valence-electron chi connectivity index (χ3n) is 2.83. The van der Waals surface area contributed by atoms with Crippen molar-refractivity contribution in [2.45, 2.75) is 38.1 Å². The van der Waals surface area contributed by atoms with Crippen LogP contribution in [0.3, 0.4) is 0 Å². The van der Waals surface area contributed by atoms with E-state index < -0.39 is 0 Å². The molecule has 0 heterocycles. The first-order valence-electron chi connectivity index (χ1n) is 5.18. The minimum atomic E-state index is -0.316. The lowest BCUT2D eigenvalue weighted by Gasteiger charge is -2.25. The lowest BCUT2D eigenvalue weighted by atomic mass is 10.3. The Balaban J connectivity index is 2.30. The zero-order valence-corrected chi connectivity index (χ0v) is 8.95. The van der Waals surface area contributed by atoms with E-state index in [1.54, 1.807) is 7.05 Å². The summed E-state index contributed by atoms with van der Waals surface area (Å²) < 4.78 is 5.05. The van der Waals surface area contributed by atoms with Gasteiger partial charge in [-0.2, -0.15) is 0 Å². The lowest BCUT2D eigenvalue weighted by Crippen LogP contribution is -2.41. The first-order chi connectivity index (χ1) is 6.66. The van der Waals surface area contributed by atoms with Crippen LogP contribution < -0.4 is 0 Å². The summed E-state index contributed by atoms with van der Waals surface area (Å²) in [6.45, 7) is 2.56. The number of unbranched alkanes of at least 4 members (excludes halogenated alkanes) is 1. The second kappa shape index (κ2) is 4.64. The van der Waals surface area contributed by atoms with Crippen molar-refractivity contribution in [3.63, 3.8) is 0 Å². The van der Waals surface area contributed by atoms with E-state index in [1.807, 2.05) is 6.92 Å². The molecular weight excluding hydrogens is 182 g/mol. The van der Waals surface area contributed by atoms with Crippen LogP contribution in [0.4, 0.5) is 4.79 Å². The van der Waals surface area contributed by atoms with Crippen LogP contribution in [0.15, 0.2) is 0 Å². The summed E-state index contributed by atoms with van der Waals surface area (Å²) in [6, 6.07) is 0. The SMILES string of the molecule is CCCCOC(=O)N(C)C1(CO)CC1. The molecule has 0 aromatic carbocycles. The Morgan fingerprint density at radius 2 is 2.21 bits per heavy atom. The molecule has 0 aliphatic heterocycles. The molecule has 0 aromatic rings. The molecule has 14 heavy (non-hydrogen) atoms. The van der Waals surface area contributed by atoms with Crippen LogP contribution in [0.2, 0.25) is 0 Å². The Kier molecular flexibility index (Phi) is 3.75. The van der Waals surface area contributed by atoms with Crippen LogP contribution in [0.1, 0.15) is 32.6 Å². The second-order valence-corrected chi connectivity index (χ2v) is 3.91. The molecule has 0 atom stereocenters. The molecule has 4 nitrogen and oxygen atoms in total.